The Hall–Kier alpha value is -2.90. The fourth-order valence-electron chi connectivity index (χ4n) is 2.27. The molecule has 8 heteroatoms. The van der Waals surface area contributed by atoms with Gasteiger partial charge in [0.1, 0.15) is 17.0 Å². The molecule has 23 heavy (non-hydrogen) atoms. The van der Waals surface area contributed by atoms with Crippen LogP contribution in [-0.4, -0.2) is 47.2 Å². The molecule has 0 radical (unpaired) electrons. The van der Waals surface area contributed by atoms with E-state index < -0.39 is 11.4 Å². The van der Waals surface area contributed by atoms with Gasteiger partial charge in [-0.05, 0) is 19.1 Å². The summed E-state index contributed by atoms with van der Waals surface area (Å²) in [6, 6.07) is 3.25. The molecule has 2 aromatic rings. The van der Waals surface area contributed by atoms with Crippen molar-refractivity contribution in [2.45, 2.75) is 13.5 Å². The van der Waals surface area contributed by atoms with Crippen LogP contribution in [0.15, 0.2) is 23.1 Å². The molecular weight excluding hydrogens is 300 g/mol. The number of aromatic carboxylic acids is 1. The Bertz CT molecular complexity index is 800. The molecule has 2 heterocycles. The van der Waals surface area contributed by atoms with E-state index in [1.807, 2.05) is 18.9 Å². The minimum Gasteiger partial charge on any atom is -0.477 e. The minimum atomic E-state index is -1.25. The van der Waals surface area contributed by atoms with Crippen molar-refractivity contribution in [2.24, 2.45) is 0 Å². The zero-order valence-electron chi connectivity index (χ0n) is 12.9. The second kappa shape index (κ2) is 6.91. The Morgan fingerprint density at radius 3 is 2.83 bits per heavy atom. The fraction of sp³-hybridized carbons (Fsp3) is 0.333. The number of carbonyl (C=O) groups is 2. The molecule has 8 nitrogen and oxygen atoms in total. The second-order valence-corrected chi connectivity index (χ2v) is 5.00. The Morgan fingerprint density at radius 1 is 1.48 bits per heavy atom. The zero-order chi connectivity index (χ0) is 17.0. The van der Waals surface area contributed by atoms with Crippen molar-refractivity contribution in [3.63, 3.8) is 0 Å². The monoisotopic (exact) mass is 318 g/mol. The first kappa shape index (κ1) is 16.5. The summed E-state index contributed by atoms with van der Waals surface area (Å²) in [7, 11) is 1.82. The molecule has 2 N–H and O–H groups in total. The molecule has 0 saturated heterocycles. The number of rotatable bonds is 7. The number of hydrogen-bond acceptors (Lipinski definition) is 5. The molecule has 0 aliphatic heterocycles. The molecule has 0 saturated carbocycles. The van der Waals surface area contributed by atoms with Gasteiger partial charge in [-0.15, -0.1) is 0 Å². The van der Waals surface area contributed by atoms with Crippen LogP contribution in [-0.2, 0) is 11.3 Å². The second-order valence-electron chi connectivity index (χ2n) is 5.00. The molecule has 0 spiro atoms. The quantitative estimate of drug-likeness (QED) is 0.562. The lowest BCUT2D eigenvalue weighted by atomic mass is 10.2. The highest BCUT2D eigenvalue weighted by Crippen LogP contribution is 2.16. The molecule has 0 bridgehead atoms. The van der Waals surface area contributed by atoms with Crippen molar-refractivity contribution in [1.29, 1.82) is 0 Å². The number of likely N-dealkylation sites (N-methyl/N-ethyl adjacent to an activating group) is 1. The fourth-order valence-corrected chi connectivity index (χ4v) is 2.27. The van der Waals surface area contributed by atoms with Crippen molar-refractivity contribution in [3.05, 3.63) is 34.1 Å². The summed E-state index contributed by atoms with van der Waals surface area (Å²) in [5, 5.41) is 12.0. The lowest BCUT2D eigenvalue weighted by Gasteiger charge is -2.19. The Morgan fingerprint density at radius 2 is 2.22 bits per heavy atom. The van der Waals surface area contributed by atoms with Crippen LogP contribution in [0.1, 0.15) is 17.3 Å². The average Bonchev–Trinajstić information content (AvgIpc) is 2.54. The van der Waals surface area contributed by atoms with E-state index in [9.17, 15) is 14.4 Å². The lowest BCUT2D eigenvalue weighted by molar-refractivity contribution is -0.109. The van der Waals surface area contributed by atoms with Crippen molar-refractivity contribution in [3.8, 4) is 0 Å². The van der Waals surface area contributed by atoms with Gasteiger partial charge >= 0.3 is 5.97 Å². The molecule has 2 rings (SSSR count). The SMILES string of the molecule is CCn1cc(C(=O)O)c(=O)c2ccc(N(C)CCNC=O)nc21. The predicted molar refractivity (Wildman–Crippen MR) is 86.0 cm³/mol. The largest absolute Gasteiger partial charge is 0.477 e. The van der Waals surface area contributed by atoms with Crippen LogP contribution in [0.5, 0.6) is 0 Å². The normalized spacial score (nSPS) is 10.5. The van der Waals surface area contributed by atoms with Crippen LogP contribution in [0.3, 0.4) is 0 Å². The number of nitrogens with one attached hydrogen (secondary N) is 1. The van der Waals surface area contributed by atoms with Gasteiger partial charge in [0.05, 0.1) is 5.39 Å². The number of amides is 1. The molecule has 122 valence electrons. The summed E-state index contributed by atoms with van der Waals surface area (Å²) in [5.74, 6) is -0.616. The van der Waals surface area contributed by atoms with Gasteiger partial charge in [-0.25, -0.2) is 9.78 Å². The van der Waals surface area contributed by atoms with Gasteiger partial charge in [0.25, 0.3) is 0 Å². The molecule has 0 atom stereocenters. The van der Waals surface area contributed by atoms with Gasteiger partial charge in [-0.1, -0.05) is 0 Å². The highest BCUT2D eigenvalue weighted by atomic mass is 16.4. The Kier molecular flexibility index (Phi) is 4.95. The summed E-state index contributed by atoms with van der Waals surface area (Å²) in [6.07, 6.45) is 1.95. The van der Waals surface area contributed by atoms with E-state index in [1.165, 1.54) is 6.20 Å². The highest BCUT2D eigenvalue weighted by molar-refractivity contribution is 5.92. The number of aryl methyl sites for hydroxylation is 1. The van der Waals surface area contributed by atoms with Crippen LogP contribution in [0.4, 0.5) is 5.82 Å². The van der Waals surface area contributed by atoms with Crippen LogP contribution >= 0.6 is 0 Å². The third kappa shape index (κ3) is 3.31. The highest BCUT2D eigenvalue weighted by Gasteiger charge is 2.15. The maximum Gasteiger partial charge on any atom is 0.341 e. The van der Waals surface area contributed by atoms with E-state index in [1.54, 1.807) is 16.7 Å². The van der Waals surface area contributed by atoms with Crippen molar-refractivity contribution >= 4 is 29.2 Å². The summed E-state index contributed by atoms with van der Waals surface area (Å²) in [6.45, 7) is 3.37. The molecule has 0 aliphatic rings. The lowest BCUT2D eigenvalue weighted by Crippen LogP contribution is -2.29. The topological polar surface area (TPSA) is 105 Å². The third-order valence-electron chi connectivity index (χ3n) is 3.54. The van der Waals surface area contributed by atoms with Gasteiger partial charge in [-0.3, -0.25) is 9.59 Å². The van der Waals surface area contributed by atoms with Gasteiger partial charge in [0.2, 0.25) is 11.8 Å². The van der Waals surface area contributed by atoms with E-state index in [2.05, 4.69) is 10.3 Å². The molecule has 0 aromatic carbocycles. The molecule has 0 aliphatic carbocycles. The molecule has 1 amide bonds. The number of aromatic nitrogens is 2. The van der Waals surface area contributed by atoms with E-state index in [0.717, 1.165) is 0 Å². The number of nitrogens with zero attached hydrogens (tertiary/aromatic N) is 3. The van der Waals surface area contributed by atoms with Crippen molar-refractivity contribution in [2.75, 3.05) is 25.0 Å². The number of anilines is 1. The third-order valence-corrected chi connectivity index (χ3v) is 3.54. The van der Waals surface area contributed by atoms with Crippen molar-refractivity contribution in [1.82, 2.24) is 14.9 Å². The van der Waals surface area contributed by atoms with Gasteiger partial charge in [0.15, 0.2) is 0 Å². The predicted octanol–water partition coefficient (Wildman–Crippen LogP) is 0.297. The summed E-state index contributed by atoms with van der Waals surface area (Å²) >= 11 is 0. The standard InChI is InChI=1S/C15H18N4O4/c1-3-19-8-11(15(22)23)13(21)10-4-5-12(17-14(10)19)18(2)7-6-16-9-20/h4-5,8-9H,3,6-7H2,1-2H3,(H,16,20)(H,22,23). The first-order valence-electron chi connectivity index (χ1n) is 7.15. The van der Waals surface area contributed by atoms with E-state index >= 15 is 0 Å². The number of hydrogen-bond donors (Lipinski definition) is 2. The molecule has 2 aromatic heterocycles. The first-order valence-corrected chi connectivity index (χ1v) is 7.15. The zero-order valence-corrected chi connectivity index (χ0v) is 12.9. The van der Waals surface area contributed by atoms with Crippen molar-refractivity contribution < 1.29 is 14.7 Å². The number of carboxylic acid groups (broad SMARTS) is 1. The number of pyridine rings is 2. The summed E-state index contributed by atoms with van der Waals surface area (Å²) in [5.41, 5.74) is -0.367. The van der Waals surface area contributed by atoms with Crippen LogP contribution in [0, 0.1) is 0 Å². The van der Waals surface area contributed by atoms with Crippen LogP contribution < -0.4 is 15.6 Å². The van der Waals surface area contributed by atoms with Gasteiger partial charge < -0.3 is 19.9 Å². The smallest absolute Gasteiger partial charge is 0.341 e. The maximum atomic E-state index is 12.2. The number of carboxylic acids is 1. The van der Waals surface area contributed by atoms with Crippen LogP contribution in [0.25, 0.3) is 11.0 Å². The first-order chi connectivity index (χ1) is 11.0. The van der Waals surface area contributed by atoms with Gasteiger partial charge in [0, 0.05) is 32.9 Å². The van der Waals surface area contributed by atoms with Gasteiger partial charge in [-0.2, -0.15) is 0 Å². The number of fused-ring (bicyclic) bond motifs is 1. The summed E-state index contributed by atoms with van der Waals surface area (Å²) in [4.78, 5) is 40.0. The summed E-state index contributed by atoms with van der Waals surface area (Å²) < 4.78 is 1.64. The van der Waals surface area contributed by atoms with E-state index in [-0.39, 0.29) is 10.9 Å². The van der Waals surface area contributed by atoms with E-state index in [0.29, 0.717) is 37.5 Å². The van der Waals surface area contributed by atoms with E-state index in [4.69, 9.17) is 5.11 Å². The molecular formula is C15H18N4O4. The average molecular weight is 318 g/mol. The molecule has 0 unspecified atom stereocenters. The minimum absolute atomic E-state index is 0.266. The Balaban J connectivity index is 2.50. The number of carbonyl (C=O) groups excluding carboxylic acids is 1. The molecule has 0 fully saturated rings. The van der Waals surface area contributed by atoms with Crippen LogP contribution in [0.2, 0.25) is 0 Å². The Labute approximate surface area is 132 Å². The maximum absolute atomic E-state index is 12.2.